The van der Waals surface area contributed by atoms with Gasteiger partial charge in [-0.15, -0.1) is 0 Å². The van der Waals surface area contributed by atoms with Gasteiger partial charge in [0.1, 0.15) is 11.6 Å². The molecular weight excluding hydrogens is 262 g/mol. The fourth-order valence-electron chi connectivity index (χ4n) is 5.27. The van der Waals surface area contributed by atoms with Crippen molar-refractivity contribution in [3.05, 3.63) is 0 Å². The third-order valence-electron chi connectivity index (χ3n) is 7.27. The van der Waals surface area contributed by atoms with E-state index in [0.29, 0.717) is 5.41 Å². The molecule has 3 rings (SSSR count). The van der Waals surface area contributed by atoms with E-state index in [1.807, 2.05) is 0 Å². The third kappa shape index (κ3) is 2.07. The topological polar surface area (TPSA) is 38.3 Å². The number of fused-ring (bicyclic) bond motifs is 2. The zero-order valence-electron chi connectivity index (χ0n) is 14.1. The van der Waals surface area contributed by atoms with Crippen LogP contribution in [0.5, 0.6) is 0 Å². The summed E-state index contributed by atoms with van der Waals surface area (Å²) in [6, 6.07) is 0. The zero-order valence-corrected chi connectivity index (χ0v) is 14.1. The molecule has 4 unspecified atom stereocenters. The minimum Gasteiger partial charge on any atom is -0.460 e. The van der Waals surface area contributed by atoms with Crippen molar-refractivity contribution in [2.75, 3.05) is 6.54 Å². The lowest BCUT2D eigenvalue weighted by atomic mass is 9.70. The Kier molecular flexibility index (Phi) is 3.63. The molecular formula is C18H31NO2. The third-order valence-corrected chi connectivity index (χ3v) is 7.27. The van der Waals surface area contributed by atoms with Gasteiger partial charge < -0.3 is 10.1 Å². The highest BCUT2D eigenvalue weighted by atomic mass is 16.5. The van der Waals surface area contributed by atoms with Crippen LogP contribution in [0.15, 0.2) is 0 Å². The standard InChI is InChI=1S/C18H31NO2/c1-5-8-18(9-6-11-19-18)15(20)21-14-12-13-7-10-17(14,4)16(13,2)3/h13-14,19H,5-12H2,1-4H3. The Hall–Kier alpha value is -0.570. The first-order valence-electron chi connectivity index (χ1n) is 8.82. The van der Waals surface area contributed by atoms with E-state index >= 15 is 0 Å². The average molecular weight is 293 g/mol. The molecule has 2 saturated carbocycles. The van der Waals surface area contributed by atoms with Crippen molar-refractivity contribution in [1.29, 1.82) is 0 Å². The Morgan fingerprint density at radius 2 is 2.05 bits per heavy atom. The van der Waals surface area contributed by atoms with Crippen LogP contribution in [0, 0.1) is 16.7 Å². The fraction of sp³-hybridized carbons (Fsp3) is 0.944. The minimum absolute atomic E-state index is 0.0245. The highest BCUT2D eigenvalue weighted by Crippen LogP contribution is 2.66. The number of carbonyl (C=O) groups excluding carboxylic acids is 1. The number of ether oxygens (including phenoxy) is 1. The number of nitrogens with one attached hydrogen (secondary N) is 1. The molecule has 120 valence electrons. The molecule has 3 heteroatoms. The first kappa shape index (κ1) is 15.3. The van der Waals surface area contributed by atoms with Gasteiger partial charge in [-0.05, 0) is 56.4 Å². The SMILES string of the molecule is CCCC1(C(=O)OC2CC3CCC2(C)C3(C)C)CCCN1. The van der Waals surface area contributed by atoms with Crippen molar-refractivity contribution in [2.45, 2.75) is 84.3 Å². The van der Waals surface area contributed by atoms with Crippen LogP contribution < -0.4 is 5.32 Å². The van der Waals surface area contributed by atoms with Gasteiger partial charge in [0.2, 0.25) is 0 Å². The summed E-state index contributed by atoms with van der Waals surface area (Å²) in [5, 5.41) is 3.45. The summed E-state index contributed by atoms with van der Waals surface area (Å²) in [5.74, 6) is 0.746. The van der Waals surface area contributed by atoms with E-state index in [-0.39, 0.29) is 17.5 Å². The number of carbonyl (C=O) groups is 1. The van der Waals surface area contributed by atoms with Gasteiger partial charge in [0.25, 0.3) is 0 Å². The van der Waals surface area contributed by atoms with E-state index in [1.54, 1.807) is 0 Å². The smallest absolute Gasteiger partial charge is 0.326 e. The average Bonchev–Trinajstić information content (AvgIpc) is 3.03. The van der Waals surface area contributed by atoms with E-state index in [1.165, 1.54) is 12.8 Å². The van der Waals surface area contributed by atoms with E-state index < -0.39 is 5.54 Å². The predicted molar refractivity (Wildman–Crippen MR) is 84.0 cm³/mol. The van der Waals surface area contributed by atoms with Crippen LogP contribution in [0.1, 0.15) is 72.6 Å². The zero-order chi connectivity index (χ0) is 15.3. The fourth-order valence-corrected chi connectivity index (χ4v) is 5.27. The lowest BCUT2D eigenvalue weighted by molar-refractivity contribution is -0.165. The molecule has 3 fully saturated rings. The molecule has 1 heterocycles. The Labute approximate surface area is 129 Å². The molecule has 1 N–H and O–H groups in total. The van der Waals surface area contributed by atoms with Crippen molar-refractivity contribution in [3.8, 4) is 0 Å². The predicted octanol–water partition coefficient (Wildman–Crippen LogP) is 3.67. The maximum absolute atomic E-state index is 12.9. The van der Waals surface area contributed by atoms with Crippen LogP contribution in [0.4, 0.5) is 0 Å². The van der Waals surface area contributed by atoms with E-state index in [0.717, 1.165) is 44.6 Å². The summed E-state index contributed by atoms with van der Waals surface area (Å²) in [6.45, 7) is 10.2. The molecule has 3 nitrogen and oxygen atoms in total. The molecule has 2 aliphatic carbocycles. The molecule has 1 saturated heterocycles. The van der Waals surface area contributed by atoms with Crippen molar-refractivity contribution >= 4 is 5.97 Å². The Morgan fingerprint density at radius 3 is 2.52 bits per heavy atom. The molecule has 0 spiro atoms. The second-order valence-corrected chi connectivity index (χ2v) is 8.37. The second kappa shape index (κ2) is 4.97. The van der Waals surface area contributed by atoms with E-state index in [4.69, 9.17) is 4.74 Å². The quantitative estimate of drug-likeness (QED) is 0.804. The first-order chi connectivity index (χ1) is 9.86. The summed E-state index contributed by atoms with van der Waals surface area (Å²) < 4.78 is 6.12. The lowest BCUT2D eigenvalue weighted by Crippen LogP contribution is -2.51. The summed E-state index contributed by atoms with van der Waals surface area (Å²) in [6.07, 6.45) is 7.65. The van der Waals surface area contributed by atoms with Gasteiger partial charge in [-0.1, -0.05) is 34.1 Å². The molecule has 0 radical (unpaired) electrons. The van der Waals surface area contributed by atoms with Gasteiger partial charge in [0.05, 0.1) is 0 Å². The second-order valence-electron chi connectivity index (χ2n) is 8.37. The summed E-state index contributed by atoms with van der Waals surface area (Å²) in [4.78, 5) is 12.9. The number of hydrogen-bond donors (Lipinski definition) is 1. The Morgan fingerprint density at radius 1 is 1.29 bits per heavy atom. The van der Waals surface area contributed by atoms with Crippen LogP contribution in [0.3, 0.4) is 0 Å². The largest absolute Gasteiger partial charge is 0.460 e. The van der Waals surface area contributed by atoms with Gasteiger partial charge in [-0.3, -0.25) is 4.79 Å². The normalized spacial score (nSPS) is 44.2. The maximum Gasteiger partial charge on any atom is 0.326 e. The molecule has 1 aliphatic heterocycles. The first-order valence-corrected chi connectivity index (χ1v) is 8.82. The Bertz CT molecular complexity index is 425. The van der Waals surface area contributed by atoms with Crippen LogP contribution >= 0.6 is 0 Å². The number of rotatable bonds is 4. The summed E-state index contributed by atoms with van der Waals surface area (Å²) in [5.41, 5.74) is 0.0788. The number of esters is 1. The minimum atomic E-state index is -0.392. The van der Waals surface area contributed by atoms with Gasteiger partial charge >= 0.3 is 5.97 Å². The maximum atomic E-state index is 12.9. The summed E-state index contributed by atoms with van der Waals surface area (Å²) >= 11 is 0. The van der Waals surface area contributed by atoms with Crippen LogP contribution in [-0.4, -0.2) is 24.2 Å². The summed E-state index contributed by atoms with van der Waals surface area (Å²) in [7, 11) is 0. The van der Waals surface area contributed by atoms with Gasteiger partial charge in [-0.25, -0.2) is 0 Å². The van der Waals surface area contributed by atoms with Crippen molar-refractivity contribution in [2.24, 2.45) is 16.7 Å². The van der Waals surface area contributed by atoms with E-state index in [2.05, 4.69) is 33.0 Å². The van der Waals surface area contributed by atoms with Crippen molar-refractivity contribution in [3.63, 3.8) is 0 Å². The molecule has 0 amide bonds. The van der Waals surface area contributed by atoms with Crippen LogP contribution in [0.2, 0.25) is 0 Å². The van der Waals surface area contributed by atoms with Crippen molar-refractivity contribution < 1.29 is 9.53 Å². The van der Waals surface area contributed by atoms with Gasteiger partial charge in [-0.2, -0.15) is 0 Å². The molecule has 0 aromatic carbocycles. The van der Waals surface area contributed by atoms with Gasteiger partial charge in [0.15, 0.2) is 0 Å². The highest BCUT2D eigenvalue weighted by molar-refractivity contribution is 5.81. The highest BCUT2D eigenvalue weighted by Gasteiger charge is 2.63. The van der Waals surface area contributed by atoms with Crippen molar-refractivity contribution in [1.82, 2.24) is 5.32 Å². The number of hydrogen-bond acceptors (Lipinski definition) is 3. The molecule has 2 bridgehead atoms. The molecule has 0 aromatic rings. The molecule has 0 aromatic heterocycles. The molecule has 3 aliphatic rings. The van der Waals surface area contributed by atoms with Crippen LogP contribution in [-0.2, 0) is 9.53 Å². The monoisotopic (exact) mass is 293 g/mol. The molecule has 4 atom stereocenters. The van der Waals surface area contributed by atoms with Gasteiger partial charge in [0, 0.05) is 5.41 Å². The lowest BCUT2D eigenvalue weighted by Gasteiger charge is -2.40. The van der Waals surface area contributed by atoms with Crippen LogP contribution in [0.25, 0.3) is 0 Å². The van der Waals surface area contributed by atoms with E-state index in [9.17, 15) is 4.79 Å². The Balaban J connectivity index is 1.74. The molecule has 21 heavy (non-hydrogen) atoms.